The van der Waals surface area contributed by atoms with E-state index in [0.717, 1.165) is 24.3 Å². The molecule has 28 heavy (non-hydrogen) atoms. The maximum Gasteiger partial charge on any atom is 0.282 e. The molecule has 1 N–H and O–H groups in total. The lowest BCUT2D eigenvalue weighted by atomic mass is 10.1. The van der Waals surface area contributed by atoms with Gasteiger partial charge in [0.05, 0.1) is 5.69 Å². The van der Waals surface area contributed by atoms with Crippen LogP contribution in [0.3, 0.4) is 0 Å². The van der Waals surface area contributed by atoms with Crippen LogP contribution in [0.5, 0.6) is 0 Å². The summed E-state index contributed by atoms with van der Waals surface area (Å²) in [5, 5.41) is 15.5. The minimum absolute atomic E-state index is 0.101. The van der Waals surface area contributed by atoms with E-state index >= 15 is 0 Å². The van der Waals surface area contributed by atoms with Crippen molar-refractivity contribution in [3.8, 4) is 6.07 Å². The Balaban J connectivity index is 1.76. The Labute approximate surface area is 164 Å². The molecule has 0 aliphatic heterocycles. The third-order valence-electron chi connectivity index (χ3n) is 4.67. The third-order valence-corrected chi connectivity index (χ3v) is 4.67. The fourth-order valence-corrected chi connectivity index (χ4v) is 3.01. The molecule has 0 aliphatic carbocycles. The highest BCUT2D eigenvalue weighted by atomic mass is 16.1. The Bertz CT molecular complexity index is 1060. The van der Waals surface area contributed by atoms with E-state index in [1.807, 2.05) is 36.4 Å². The summed E-state index contributed by atoms with van der Waals surface area (Å²) in [6.45, 7) is 5.66. The van der Waals surface area contributed by atoms with Crippen LogP contribution in [0.1, 0.15) is 34.9 Å². The Morgan fingerprint density at radius 2 is 1.82 bits per heavy atom. The van der Waals surface area contributed by atoms with Gasteiger partial charge in [-0.1, -0.05) is 48.5 Å². The minimum Gasteiger partial charge on any atom is -0.367 e. The van der Waals surface area contributed by atoms with Gasteiger partial charge in [-0.25, -0.2) is 5.10 Å². The van der Waals surface area contributed by atoms with Gasteiger partial charge in [0.25, 0.3) is 5.56 Å². The summed E-state index contributed by atoms with van der Waals surface area (Å²) in [5.74, 6) is 0. The molecule has 0 bridgehead atoms. The number of aromatic amines is 1. The van der Waals surface area contributed by atoms with Gasteiger partial charge in [0.15, 0.2) is 0 Å². The Hall–Kier alpha value is -3.65. The van der Waals surface area contributed by atoms with E-state index in [1.54, 1.807) is 6.92 Å². The lowest BCUT2D eigenvalue weighted by Crippen LogP contribution is -2.21. The number of benzene rings is 2. The minimum atomic E-state index is -0.459. The zero-order valence-corrected chi connectivity index (χ0v) is 16.0. The van der Waals surface area contributed by atoms with Crippen molar-refractivity contribution < 1.29 is 0 Å². The fraction of sp³-hybridized carbons (Fsp3) is 0.174. The van der Waals surface area contributed by atoms with Crippen LogP contribution in [-0.2, 0) is 6.54 Å². The topological polar surface area (TPSA) is 72.8 Å². The number of aromatic nitrogens is 2. The number of hydrogen-bond acceptors (Lipinski definition) is 4. The summed E-state index contributed by atoms with van der Waals surface area (Å²) >= 11 is 0. The van der Waals surface area contributed by atoms with E-state index in [2.05, 4.69) is 58.4 Å². The maximum absolute atomic E-state index is 11.6. The third kappa shape index (κ3) is 4.36. The van der Waals surface area contributed by atoms with E-state index in [0.29, 0.717) is 11.3 Å². The van der Waals surface area contributed by atoms with Crippen LogP contribution in [0, 0.1) is 18.3 Å². The van der Waals surface area contributed by atoms with Crippen molar-refractivity contribution in [1.29, 1.82) is 5.26 Å². The predicted octanol–water partition coefficient (Wildman–Crippen LogP) is 4.15. The van der Waals surface area contributed by atoms with Crippen LogP contribution >= 0.6 is 0 Å². The summed E-state index contributed by atoms with van der Waals surface area (Å²) in [5.41, 5.74) is 4.27. The summed E-state index contributed by atoms with van der Waals surface area (Å²) < 4.78 is 0. The number of H-pyrrole nitrogens is 1. The van der Waals surface area contributed by atoms with Gasteiger partial charge < -0.3 is 4.90 Å². The van der Waals surface area contributed by atoms with Crippen LogP contribution in [0.2, 0.25) is 0 Å². The first kappa shape index (κ1) is 19.1. The van der Waals surface area contributed by atoms with Crippen molar-refractivity contribution in [2.45, 2.75) is 20.4 Å². The molecule has 5 heteroatoms. The second kappa shape index (κ2) is 8.83. The maximum atomic E-state index is 11.6. The molecule has 1 aromatic heterocycles. The molecule has 0 spiro atoms. The lowest BCUT2D eigenvalue weighted by molar-refractivity contribution is 0.832. The number of anilines is 1. The quantitative estimate of drug-likeness (QED) is 0.707. The van der Waals surface area contributed by atoms with E-state index in [-0.39, 0.29) is 5.56 Å². The number of nitriles is 1. The smallest absolute Gasteiger partial charge is 0.282 e. The lowest BCUT2D eigenvalue weighted by Gasteiger charge is -2.23. The average molecular weight is 370 g/mol. The number of nitrogens with zero attached hydrogens (tertiary/aromatic N) is 3. The van der Waals surface area contributed by atoms with Gasteiger partial charge >= 0.3 is 0 Å². The van der Waals surface area contributed by atoms with Gasteiger partial charge in [-0.2, -0.15) is 10.4 Å². The molecule has 0 radical (unpaired) electrons. The van der Waals surface area contributed by atoms with Crippen molar-refractivity contribution in [2.75, 3.05) is 11.4 Å². The van der Waals surface area contributed by atoms with Gasteiger partial charge in [0, 0.05) is 18.8 Å². The van der Waals surface area contributed by atoms with E-state index in [1.165, 1.54) is 5.56 Å². The van der Waals surface area contributed by atoms with E-state index < -0.39 is 5.56 Å². The largest absolute Gasteiger partial charge is 0.367 e. The SMILES string of the molecule is CCN(Cc1ccccc1)c1ccc(/C=C/c2n[nH]c(=O)c(C#N)c2C)cc1. The molecular weight excluding hydrogens is 348 g/mol. The highest BCUT2D eigenvalue weighted by molar-refractivity contribution is 5.71. The molecule has 1 heterocycles. The molecule has 3 rings (SSSR count). The first-order valence-electron chi connectivity index (χ1n) is 9.18. The van der Waals surface area contributed by atoms with Gasteiger partial charge in [-0.15, -0.1) is 0 Å². The number of rotatable bonds is 6. The second-order valence-electron chi connectivity index (χ2n) is 6.47. The summed E-state index contributed by atoms with van der Waals surface area (Å²) in [6, 6.07) is 20.6. The van der Waals surface area contributed by atoms with E-state index in [9.17, 15) is 4.79 Å². The highest BCUT2D eigenvalue weighted by Gasteiger charge is 2.08. The molecule has 5 nitrogen and oxygen atoms in total. The monoisotopic (exact) mass is 370 g/mol. The van der Waals surface area contributed by atoms with Crippen molar-refractivity contribution in [3.63, 3.8) is 0 Å². The molecular formula is C23H22N4O. The van der Waals surface area contributed by atoms with Crippen molar-refractivity contribution in [1.82, 2.24) is 10.2 Å². The molecule has 140 valence electrons. The van der Waals surface area contributed by atoms with Gasteiger partial charge in [-0.3, -0.25) is 4.79 Å². The highest BCUT2D eigenvalue weighted by Crippen LogP contribution is 2.19. The second-order valence-corrected chi connectivity index (χ2v) is 6.47. The molecule has 0 saturated heterocycles. The molecule has 0 atom stereocenters. The molecule has 0 fully saturated rings. The van der Waals surface area contributed by atoms with Crippen LogP contribution in [0.25, 0.3) is 12.2 Å². The van der Waals surface area contributed by atoms with Crippen LogP contribution in [0.4, 0.5) is 5.69 Å². The Kier molecular flexibility index (Phi) is 6.03. The summed E-state index contributed by atoms with van der Waals surface area (Å²) in [4.78, 5) is 13.9. The number of hydrogen-bond donors (Lipinski definition) is 1. The molecule has 0 amide bonds. The first-order chi connectivity index (χ1) is 13.6. The molecule has 2 aromatic carbocycles. The summed E-state index contributed by atoms with van der Waals surface area (Å²) in [7, 11) is 0. The van der Waals surface area contributed by atoms with Gasteiger partial charge in [0.2, 0.25) is 0 Å². The fourth-order valence-electron chi connectivity index (χ4n) is 3.01. The van der Waals surface area contributed by atoms with Crippen LogP contribution in [0.15, 0.2) is 59.4 Å². The van der Waals surface area contributed by atoms with Crippen LogP contribution < -0.4 is 10.5 Å². The predicted molar refractivity (Wildman–Crippen MR) is 113 cm³/mol. The molecule has 3 aromatic rings. The van der Waals surface area contributed by atoms with Crippen LogP contribution in [-0.4, -0.2) is 16.7 Å². The molecule has 0 saturated carbocycles. The summed E-state index contributed by atoms with van der Waals surface area (Å²) in [6.07, 6.45) is 3.73. The average Bonchev–Trinajstić information content (AvgIpc) is 2.73. The van der Waals surface area contributed by atoms with Crippen molar-refractivity contribution in [2.24, 2.45) is 0 Å². The Morgan fingerprint density at radius 3 is 2.46 bits per heavy atom. The normalized spacial score (nSPS) is 10.8. The van der Waals surface area contributed by atoms with E-state index in [4.69, 9.17) is 5.26 Å². The zero-order chi connectivity index (χ0) is 19.9. The van der Waals surface area contributed by atoms with Crippen molar-refractivity contribution >= 4 is 17.8 Å². The van der Waals surface area contributed by atoms with Gasteiger partial charge in [-0.05, 0) is 48.7 Å². The van der Waals surface area contributed by atoms with Gasteiger partial charge in [0.1, 0.15) is 11.6 Å². The molecule has 0 aliphatic rings. The van der Waals surface area contributed by atoms with Crippen molar-refractivity contribution in [3.05, 3.63) is 92.9 Å². The Morgan fingerprint density at radius 1 is 1.11 bits per heavy atom. The molecule has 0 unspecified atom stereocenters. The standard InChI is InChI=1S/C23H22N4O/c1-3-27(16-19-7-5-4-6-8-19)20-12-9-18(10-13-20)11-14-22-17(2)21(15-24)23(28)26-25-22/h4-14H,3,16H2,1-2H3,(H,26,28)/b14-11+. The zero-order valence-electron chi connectivity index (χ0n) is 16.0. The number of nitrogens with one attached hydrogen (secondary N) is 1. The first-order valence-corrected chi connectivity index (χ1v) is 9.18.